The fourth-order valence-electron chi connectivity index (χ4n) is 2.42. The minimum atomic E-state index is -3.27. The average Bonchev–Trinajstić information content (AvgIpc) is 2.41. The Kier molecular flexibility index (Phi) is 6.41. The van der Waals surface area contributed by atoms with Crippen molar-refractivity contribution in [2.24, 2.45) is 5.41 Å². The molecule has 8 nitrogen and oxygen atoms in total. The topological polar surface area (TPSA) is 125 Å². The van der Waals surface area contributed by atoms with E-state index in [2.05, 4.69) is 15.4 Å². The standard InChI is InChI=1S/C12H23N3O5S/c1-21(19,20)15-8-7-13-11(18)14-9-12(10(16)17)5-3-2-4-6-12/h15H,2-9H2,1H3,(H,16,17)(H2,13,14,18). The molecule has 1 aliphatic carbocycles. The highest BCUT2D eigenvalue weighted by Gasteiger charge is 2.39. The van der Waals surface area contributed by atoms with E-state index in [0.29, 0.717) is 12.8 Å². The minimum absolute atomic E-state index is 0.0909. The van der Waals surface area contributed by atoms with Crippen LogP contribution in [0.25, 0.3) is 0 Å². The molecule has 0 heterocycles. The summed E-state index contributed by atoms with van der Waals surface area (Å²) in [5.74, 6) is -0.874. The van der Waals surface area contributed by atoms with Gasteiger partial charge >= 0.3 is 12.0 Å². The van der Waals surface area contributed by atoms with Gasteiger partial charge in [0, 0.05) is 19.6 Å². The molecule has 0 spiro atoms. The number of sulfonamides is 1. The van der Waals surface area contributed by atoms with Crippen molar-refractivity contribution in [3.8, 4) is 0 Å². The minimum Gasteiger partial charge on any atom is -0.481 e. The molecule has 1 saturated carbocycles. The van der Waals surface area contributed by atoms with E-state index in [1.807, 2.05) is 0 Å². The van der Waals surface area contributed by atoms with Crippen LogP contribution in [0.15, 0.2) is 0 Å². The molecule has 4 N–H and O–H groups in total. The number of carboxylic acid groups (broad SMARTS) is 1. The molecular weight excluding hydrogens is 298 g/mol. The Labute approximate surface area is 124 Å². The number of hydrogen-bond acceptors (Lipinski definition) is 4. The van der Waals surface area contributed by atoms with E-state index < -0.39 is 27.4 Å². The van der Waals surface area contributed by atoms with Crippen LogP contribution >= 0.6 is 0 Å². The highest BCUT2D eigenvalue weighted by atomic mass is 32.2. The number of carbonyl (C=O) groups is 2. The van der Waals surface area contributed by atoms with Gasteiger partial charge in [-0.05, 0) is 12.8 Å². The lowest BCUT2D eigenvalue weighted by molar-refractivity contribution is -0.150. The van der Waals surface area contributed by atoms with Crippen LogP contribution in [0.5, 0.6) is 0 Å². The molecule has 0 aliphatic heterocycles. The lowest BCUT2D eigenvalue weighted by Crippen LogP contribution is -2.48. The van der Waals surface area contributed by atoms with Crippen LogP contribution in [0, 0.1) is 5.41 Å². The lowest BCUT2D eigenvalue weighted by Gasteiger charge is -2.33. The molecule has 0 radical (unpaired) electrons. The van der Waals surface area contributed by atoms with Crippen LogP contribution in [-0.2, 0) is 14.8 Å². The Balaban J connectivity index is 2.32. The fourth-order valence-corrected chi connectivity index (χ4v) is 2.89. The third-order valence-corrected chi connectivity index (χ3v) is 4.35. The van der Waals surface area contributed by atoms with E-state index in [9.17, 15) is 23.1 Å². The molecule has 9 heteroatoms. The summed E-state index contributed by atoms with van der Waals surface area (Å²) in [6.07, 6.45) is 4.91. The van der Waals surface area contributed by atoms with Crippen molar-refractivity contribution < 1.29 is 23.1 Å². The molecule has 0 saturated heterocycles. The summed E-state index contributed by atoms with van der Waals surface area (Å²) < 4.78 is 23.9. The van der Waals surface area contributed by atoms with E-state index in [1.54, 1.807) is 0 Å². The zero-order valence-corrected chi connectivity index (χ0v) is 13.0. The van der Waals surface area contributed by atoms with Gasteiger partial charge in [-0.2, -0.15) is 0 Å². The van der Waals surface area contributed by atoms with Gasteiger partial charge in [0.2, 0.25) is 10.0 Å². The van der Waals surface area contributed by atoms with Crippen LogP contribution in [0.2, 0.25) is 0 Å². The van der Waals surface area contributed by atoms with Crippen molar-refractivity contribution in [1.29, 1.82) is 0 Å². The maximum Gasteiger partial charge on any atom is 0.314 e. The van der Waals surface area contributed by atoms with Gasteiger partial charge in [0.05, 0.1) is 11.7 Å². The molecule has 21 heavy (non-hydrogen) atoms. The van der Waals surface area contributed by atoms with Crippen LogP contribution in [0.1, 0.15) is 32.1 Å². The molecule has 0 aromatic carbocycles. The number of rotatable bonds is 7. The number of carboxylic acids is 1. The van der Waals surface area contributed by atoms with Crippen molar-refractivity contribution in [1.82, 2.24) is 15.4 Å². The first-order chi connectivity index (χ1) is 9.75. The molecule has 1 aliphatic rings. The Hall–Kier alpha value is -1.35. The smallest absolute Gasteiger partial charge is 0.314 e. The summed E-state index contributed by atoms with van der Waals surface area (Å²) >= 11 is 0. The highest BCUT2D eigenvalue weighted by molar-refractivity contribution is 7.88. The molecule has 0 aromatic rings. The number of urea groups is 1. The predicted molar refractivity (Wildman–Crippen MR) is 77.4 cm³/mol. The zero-order valence-electron chi connectivity index (χ0n) is 12.1. The summed E-state index contributed by atoms with van der Waals surface area (Å²) in [6.45, 7) is 0.322. The first-order valence-corrected chi connectivity index (χ1v) is 8.84. The number of nitrogens with one attached hydrogen (secondary N) is 3. The first-order valence-electron chi connectivity index (χ1n) is 6.95. The normalized spacial score (nSPS) is 18.0. The molecular formula is C12H23N3O5S. The SMILES string of the molecule is CS(=O)(=O)NCCNC(=O)NCC1(C(=O)O)CCCCC1. The third-order valence-electron chi connectivity index (χ3n) is 3.63. The summed E-state index contributed by atoms with van der Waals surface area (Å²) in [4.78, 5) is 23.0. The Morgan fingerprint density at radius 3 is 2.24 bits per heavy atom. The van der Waals surface area contributed by atoms with E-state index in [1.165, 1.54) is 0 Å². The lowest BCUT2D eigenvalue weighted by atomic mass is 9.74. The van der Waals surface area contributed by atoms with E-state index >= 15 is 0 Å². The zero-order chi connectivity index (χ0) is 15.9. The monoisotopic (exact) mass is 321 g/mol. The maximum absolute atomic E-state index is 11.6. The molecule has 0 aromatic heterocycles. The summed E-state index contributed by atoms with van der Waals surface area (Å²) in [6, 6.07) is -0.489. The highest BCUT2D eigenvalue weighted by Crippen LogP contribution is 2.35. The van der Waals surface area contributed by atoms with Crippen molar-refractivity contribution in [2.45, 2.75) is 32.1 Å². The summed E-state index contributed by atoms with van der Waals surface area (Å²) in [5.41, 5.74) is -0.874. The van der Waals surface area contributed by atoms with Crippen LogP contribution in [-0.4, -0.2) is 51.4 Å². The van der Waals surface area contributed by atoms with Gasteiger partial charge in [-0.3, -0.25) is 4.79 Å². The summed E-state index contributed by atoms with van der Waals surface area (Å²) in [5, 5.41) is 14.4. The van der Waals surface area contributed by atoms with Gasteiger partial charge in [0.1, 0.15) is 0 Å². The van der Waals surface area contributed by atoms with Gasteiger partial charge in [-0.25, -0.2) is 17.9 Å². The number of aliphatic carboxylic acids is 1. The molecule has 1 rings (SSSR count). The van der Waals surface area contributed by atoms with Gasteiger partial charge in [-0.1, -0.05) is 19.3 Å². The Bertz CT molecular complexity index is 471. The van der Waals surface area contributed by atoms with Crippen molar-refractivity contribution in [3.63, 3.8) is 0 Å². The van der Waals surface area contributed by atoms with Crippen molar-refractivity contribution in [3.05, 3.63) is 0 Å². The number of hydrogen-bond donors (Lipinski definition) is 4. The van der Waals surface area contributed by atoms with Crippen LogP contribution in [0.4, 0.5) is 4.79 Å². The number of carbonyl (C=O) groups excluding carboxylic acids is 1. The quantitative estimate of drug-likeness (QED) is 0.486. The maximum atomic E-state index is 11.6. The Morgan fingerprint density at radius 2 is 1.71 bits per heavy atom. The van der Waals surface area contributed by atoms with Crippen molar-refractivity contribution >= 4 is 22.0 Å². The third kappa shape index (κ3) is 6.30. The van der Waals surface area contributed by atoms with E-state index in [-0.39, 0.29) is 19.6 Å². The molecule has 2 amide bonds. The second-order valence-corrected chi connectivity index (χ2v) is 7.26. The van der Waals surface area contributed by atoms with Gasteiger partial charge < -0.3 is 15.7 Å². The van der Waals surface area contributed by atoms with Crippen LogP contribution < -0.4 is 15.4 Å². The van der Waals surface area contributed by atoms with Crippen molar-refractivity contribution in [2.75, 3.05) is 25.9 Å². The van der Waals surface area contributed by atoms with E-state index in [0.717, 1.165) is 25.5 Å². The average molecular weight is 321 g/mol. The summed E-state index contributed by atoms with van der Waals surface area (Å²) in [7, 11) is -3.27. The molecule has 0 unspecified atom stereocenters. The fraction of sp³-hybridized carbons (Fsp3) is 0.833. The molecule has 0 bridgehead atoms. The number of amides is 2. The van der Waals surface area contributed by atoms with Gasteiger partial charge in [0.15, 0.2) is 0 Å². The second kappa shape index (κ2) is 7.60. The van der Waals surface area contributed by atoms with E-state index in [4.69, 9.17) is 0 Å². The van der Waals surface area contributed by atoms with Crippen LogP contribution in [0.3, 0.4) is 0 Å². The Morgan fingerprint density at radius 1 is 1.10 bits per heavy atom. The largest absolute Gasteiger partial charge is 0.481 e. The molecule has 0 atom stereocenters. The first kappa shape index (κ1) is 17.7. The molecule has 1 fully saturated rings. The second-order valence-electron chi connectivity index (χ2n) is 5.42. The predicted octanol–water partition coefficient (Wildman–Crippen LogP) is -0.130. The van der Waals surface area contributed by atoms with Gasteiger partial charge in [-0.15, -0.1) is 0 Å². The molecule has 122 valence electrons. The van der Waals surface area contributed by atoms with Gasteiger partial charge in [0.25, 0.3) is 0 Å².